The number of carbonyl (C=O) groups excluding carboxylic acids is 1. The van der Waals surface area contributed by atoms with E-state index >= 15 is 0 Å². The van der Waals surface area contributed by atoms with E-state index in [1.54, 1.807) is 12.4 Å². The molecule has 0 aromatic carbocycles. The number of pyridine rings is 1. The molecule has 2 aliphatic rings. The average molecular weight is 376 g/mol. The molecule has 0 amide bonds. The van der Waals surface area contributed by atoms with E-state index in [-0.39, 0.29) is 18.4 Å². The van der Waals surface area contributed by atoms with Crippen LogP contribution in [0.15, 0.2) is 18.5 Å². The number of rotatable bonds is 2. The van der Waals surface area contributed by atoms with Crippen molar-refractivity contribution >= 4 is 27.4 Å². The van der Waals surface area contributed by atoms with E-state index in [4.69, 9.17) is 5.73 Å². The van der Waals surface area contributed by atoms with Crippen molar-refractivity contribution in [2.75, 3.05) is 30.4 Å². The summed E-state index contributed by atoms with van der Waals surface area (Å²) in [6, 6.07) is 1.84. The minimum atomic E-state index is -3.31. The SMILES string of the molecule is CS(=O)(=O)N1CCc2c(nn(C(=O)C3CCNc4ccncc43)c2N)C1. The number of nitrogens with zero attached hydrogens (tertiary/aromatic N) is 4. The monoisotopic (exact) mass is 376 g/mol. The van der Waals surface area contributed by atoms with Crippen molar-refractivity contribution < 1.29 is 13.2 Å². The van der Waals surface area contributed by atoms with E-state index in [0.717, 1.165) is 16.8 Å². The van der Waals surface area contributed by atoms with E-state index in [9.17, 15) is 13.2 Å². The predicted octanol–water partition coefficient (Wildman–Crippen LogP) is 0.418. The molecule has 0 aliphatic carbocycles. The van der Waals surface area contributed by atoms with E-state index in [1.807, 2.05) is 6.07 Å². The van der Waals surface area contributed by atoms with Crippen LogP contribution >= 0.6 is 0 Å². The molecule has 4 rings (SSSR count). The van der Waals surface area contributed by atoms with Gasteiger partial charge < -0.3 is 11.1 Å². The van der Waals surface area contributed by atoms with Crippen molar-refractivity contribution in [2.24, 2.45) is 0 Å². The standard InChI is InChI=1S/C16H20N6O3S/c1-26(24,25)21-7-4-11-14(9-21)20-22(15(11)17)16(23)10-2-6-19-13-3-5-18-8-12(10)13/h3,5,8,10,19H,2,4,6-7,9,17H2,1H3. The van der Waals surface area contributed by atoms with E-state index in [1.165, 1.54) is 15.2 Å². The predicted molar refractivity (Wildman–Crippen MR) is 96.3 cm³/mol. The second-order valence-electron chi connectivity index (χ2n) is 6.64. The van der Waals surface area contributed by atoms with Crippen molar-refractivity contribution in [3.63, 3.8) is 0 Å². The highest BCUT2D eigenvalue weighted by atomic mass is 32.2. The second kappa shape index (κ2) is 6.06. The van der Waals surface area contributed by atoms with Gasteiger partial charge in [0, 0.05) is 42.3 Å². The number of fused-ring (bicyclic) bond motifs is 2. The lowest BCUT2D eigenvalue weighted by molar-refractivity contribution is 0.0859. The lowest BCUT2D eigenvalue weighted by atomic mass is 9.92. The van der Waals surface area contributed by atoms with Crippen LogP contribution < -0.4 is 11.1 Å². The molecule has 0 bridgehead atoms. The third-order valence-electron chi connectivity index (χ3n) is 5.00. The first-order valence-corrected chi connectivity index (χ1v) is 10.2. The molecule has 0 saturated heterocycles. The summed E-state index contributed by atoms with van der Waals surface area (Å²) < 4.78 is 26.2. The molecule has 3 N–H and O–H groups in total. The van der Waals surface area contributed by atoms with Crippen LogP contribution in [0.5, 0.6) is 0 Å². The van der Waals surface area contributed by atoms with Crippen molar-refractivity contribution in [1.29, 1.82) is 0 Å². The summed E-state index contributed by atoms with van der Waals surface area (Å²) in [5, 5.41) is 7.62. The van der Waals surface area contributed by atoms with Crippen LogP contribution in [-0.4, -0.2) is 52.7 Å². The molecular formula is C16H20N6O3S. The van der Waals surface area contributed by atoms with E-state index in [0.29, 0.717) is 37.4 Å². The van der Waals surface area contributed by atoms with Crippen LogP contribution in [0.2, 0.25) is 0 Å². The number of nitrogens with one attached hydrogen (secondary N) is 1. The van der Waals surface area contributed by atoms with Crippen molar-refractivity contribution in [1.82, 2.24) is 19.1 Å². The Hall–Kier alpha value is -2.46. The van der Waals surface area contributed by atoms with Gasteiger partial charge in [0.05, 0.1) is 24.4 Å². The number of anilines is 2. The summed E-state index contributed by atoms with van der Waals surface area (Å²) >= 11 is 0. The average Bonchev–Trinajstić information content (AvgIpc) is 2.96. The Bertz CT molecular complexity index is 984. The molecule has 4 heterocycles. The van der Waals surface area contributed by atoms with Gasteiger partial charge in [-0.05, 0) is 18.9 Å². The number of nitrogen functional groups attached to an aromatic ring is 1. The molecule has 2 aromatic rings. The Morgan fingerprint density at radius 1 is 1.42 bits per heavy atom. The molecule has 1 atom stereocenters. The number of sulfonamides is 1. The third-order valence-corrected chi connectivity index (χ3v) is 6.25. The van der Waals surface area contributed by atoms with Crippen LogP contribution in [0.3, 0.4) is 0 Å². The fourth-order valence-electron chi connectivity index (χ4n) is 3.60. The molecule has 0 fully saturated rings. The van der Waals surface area contributed by atoms with Gasteiger partial charge in [-0.1, -0.05) is 0 Å². The summed E-state index contributed by atoms with van der Waals surface area (Å²) in [7, 11) is -3.31. The fourth-order valence-corrected chi connectivity index (χ4v) is 4.38. The van der Waals surface area contributed by atoms with Gasteiger partial charge in [-0.2, -0.15) is 14.1 Å². The largest absolute Gasteiger partial charge is 0.385 e. The smallest absolute Gasteiger partial charge is 0.256 e. The van der Waals surface area contributed by atoms with Crippen LogP contribution in [0.25, 0.3) is 0 Å². The maximum Gasteiger partial charge on any atom is 0.256 e. The molecule has 2 aromatic heterocycles. The lowest BCUT2D eigenvalue weighted by Gasteiger charge is -2.25. The van der Waals surface area contributed by atoms with Gasteiger partial charge in [0.1, 0.15) is 5.82 Å². The summed E-state index contributed by atoms with van der Waals surface area (Å²) in [6.45, 7) is 1.16. The quantitative estimate of drug-likeness (QED) is 0.778. The molecule has 0 radical (unpaired) electrons. The molecule has 10 heteroatoms. The Balaban J connectivity index is 1.68. The maximum absolute atomic E-state index is 13.1. The molecule has 0 spiro atoms. The topological polar surface area (TPSA) is 123 Å². The van der Waals surface area contributed by atoms with Crippen molar-refractivity contribution in [2.45, 2.75) is 25.3 Å². The van der Waals surface area contributed by atoms with Gasteiger partial charge in [0.2, 0.25) is 10.0 Å². The number of hydrogen-bond donors (Lipinski definition) is 2. The zero-order valence-electron chi connectivity index (χ0n) is 14.3. The van der Waals surface area contributed by atoms with Crippen LogP contribution in [0.4, 0.5) is 11.5 Å². The Kier molecular flexibility index (Phi) is 3.96. The molecule has 26 heavy (non-hydrogen) atoms. The van der Waals surface area contributed by atoms with Gasteiger partial charge in [-0.3, -0.25) is 9.78 Å². The van der Waals surface area contributed by atoms with Crippen LogP contribution in [0.1, 0.15) is 34.0 Å². The van der Waals surface area contributed by atoms with Crippen molar-refractivity contribution in [3.05, 3.63) is 35.3 Å². The van der Waals surface area contributed by atoms with Crippen LogP contribution in [0, 0.1) is 0 Å². The van der Waals surface area contributed by atoms with E-state index < -0.39 is 10.0 Å². The molecular weight excluding hydrogens is 356 g/mol. The minimum Gasteiger partial charge on any atom is -0.385 e. The normalized spacial score (nSPS) is 20.1. The zero-order chi connectivity index (χ0) is 18.5. The highest BCUT2D eigenvalue weighted by Gasteiger charge is 2.33. The number of aromatic nitrogens is 3. The summed E-state index contributed by atoms with van der Waals surface area (Å²) in [5.41, 5.74) is 9.22. The maximum atomic E-state index is 13.1. The van der Waals surface area contributed by atoms with Gasteiger partial charge in [0.25, 0.3) is 5.91 Å². The third kappa shape index (κ3) is 2.74. The zero-order valence-corrected chi connectivity index (χ0v) is 15.2. The molecule has 1 unspecified atom stereocenters. The fraction of sp³-hybridized carbons (Fsp3) is 0.438. The van der Waals surface area contributed by atoms with Crippen LogP contribution in [-0.2, 0) is 23.0 Å². The molecule has 9 nitrogen and oxygen atoms in total. The lowest BCUT2D eigenvalue weighted by Crippen LogP contribution is -2.35. The Labute approximate surface area is 151 Å². The molecule has 138 valence electrons. The first kappa shape index (κ1) is 17.0. The first-order valence-electron chi connectivity index (χ1n) is 8.39. The van der Waals surface area contributed by atoms with Gasteiger partial charge in [0.15, 0.2) is 0 Å². The molecule has 0 saturated carbocycles. The summed E-state index contributed by atoms with van der Waals surface area (Å²) in [4.78, 5) is 17.2. The summed E-state index contributed by atoms with van der Waals surface area (Å²) in [5.74, 6) is -0.282. The van der Waals surface area contributed by atoms with E-state index in [2.05, 4.69) is 15.4 Å². The van der Waals surface area contributed by atoms with Crippen molar-refractivity contribution in [3.8, 4) is 0 Å². The Morgan fingerprint density at radius 2 is 2.23 bits per heavy atom. The van der Waals surface area contributed by atoms with Gasteiger partial charge in [-0.25, -0.2) is 8.42 Å². The summed E-state index contributed by atoms with van der Waals surface area (Å²) in [6.07, 6.45) is 5.61. The number of carbonyl (C=O) groups is 1. The highest BCUT2D eigenvalue weighted by molar-refractivity contribution is 7.88. The number of hydrogen-bond acceptors (Lipinski definition) is 7. The first-order chi connectivity index (χ1) is 12.4. The van der Waals surface area contributed by atoms with Gasteiger partial charge in [-0.15, -0.1) is 0 Å². The molecule has 2 aliphatic heterocycles. The van der Waals surface area contributed by atoms with Gasteiger partial charge >= 0.3 is 0 Å². The second-order valence-corrected chi connectivity index (χ2v) is 8.62. The minimum absolute atomic E-state index is 0.142. The Morgan fingerprint density at radius 3 is 3.00 bits per heavy atom. The number of nitrogens with two attached hydrogens (primary N) is 1. The highest BCUT2D eigenvalue weighted by Crippen LogP contribution is 2.33.